The van der Waals surface area contributed by atoms with Crippen molar-refractivity contribution in [3.8, 4) is 0 Å². The van der Waals surface area contributed by atoms with Crippen molar-refractivity contribution in [2.75, 3.05) is 22.8 Å². The van der Waals surface area contributed by atoms with Crippen molar-refractivity contribution in [2.24, 2.45) is 0 Å². The minimum atomic E-state index is -3.21. The van der Waals surface area contributed by atoms with Crippen LogP contribution < -0.4 is 10.0 Å². The molecule has 114 valence electrons. The zero-order valence-electron chi connectivity index (χ0n) is 12.7. The SMILES string of the molecule is CCCCCCCNc1ccc(NS(C)(=O)=O)c(C)c1. The van der Waals surface area contributed by atoms with Gasteiger partial charge in [0, 0.05) is 12.2 Å². The predicted molar refractivity (Wildman–Crippen MR) is 86.9 cm³/mol. The highest BCUT2D eigenvalue weighted by atomic mass is 32.2. The fraction of sp³-hybridized carbons (Fsp3) is 0.600. The zero-order chi connectivity index (χ0) is 15.0. The van der Waals surface area contributed by atoms with Crippen LogP contribution in [0.25, 0.3) is 0 Å². The fourth-order valence-corrected chi connectivity index (χ4v) is 2.68. The van der Waals surface area contributed by atoms with Gasteiger partial charge in [0.2, 0.25) is 10.0 Å². The summed E-state index contributed by atoms with van der Waals surface area (Å²) in [6, 6.07) is 5.68. The van der Waals surface area contributed by atoms with Crippen LogP contribution >= 0.6 is 0 Å². The largest absolute Gasteiger partial charge is 0.385 e. The van der Waals surface area contributed by atoms with Crippen molar-refractivity contribution in [1.29, 1.82) is 0 Å². The Labute approximate surface area is 123 Å². The number of benzene rings is 1. The van der Waals surface area contributed by atoms with Gasteiger partial charge < -0.3 is 5.32 Å². The summed E-state index contributed by atoms with van der Waals surface area (Å²) >= 11 is 0. The van der Waals surface area contributed by atoms with E-state index in [4.69, 9.17) is 0 Å². The molecule has 1 rings (SSSR count). The second-order valence-electron chi connectivity index (χ2n) is 5.24. The number of anilines is 2. The Morgan fingerprint density at radius 2 is 1.80 bits per heavy atom. The molecule has 1 aromatic carbocycles. The molecule has 0 saturated heterocycles. The van der Waals surface area contributed by atoms with E-state index in [9.17, 15) is 8.42 Å². The van der Waals surface area contributed by atoms with E-state index in [2.05, 4.69) is 17.0 Å². The summed E-state index contributed by atoms with van der Waals surface area (Å²) in [7, 11) is -3.21. The highest BCUT2D eigenvalue weighted by Gasteiger charge is 2.05. The Hall–Kier alpha value is -1.23. The fourth-order valence-electron chi connectivity index (χ4n) is 2.05. The molecule has 0 radical (unpaired) electrons. The summed E-state index contributed by atoms with van der Waals surface area (Å²) in [5.74, 6) is 0. The van der Waals surface area contributed by atoms with Gasteiger partial charge in [-0.05, 0) is 37.1 Å². The Morgan fingerprint density at radius 1 is 1.10 bits per heavy atom. The smallest absolute Gasteiger partial charge is 0.229 e. The lowest BCUT2D eigenvalue weighted by molar-refractivity contribution is 0.607. The maximum atomic E-state index is 11.2. The van der Waals surface area contributed by atoms with Crippen LogP contribution in [0.1, 0.15) is 44.6 Å². The van der Waals surface area contributed by atoms with Crippen LogP contribution in [0.5, 0.6) is 0 Å². The molecule has 0 aromatic heterocycles. The number of aryl methyl sites for hydroxylation is 1. The lowest BCUT2D eigenvalue weighted by Crippen LogP contribution is -2.11. The van der Waals surface area contributed by atoms with Crippen molar-refractivity contribution in [3.63, 3.8) is 0 Å². The molecular formula is C15H26N2O2S. The van der Waals surface area contributed by atoms with E-state index in [1.54, 1.807) is 6.07 Å². The van der Waals surface area contributed by atoms with Crippen LogP contribution in [-0.4, -0.2) is 21.2 Å². The zero-order valence-corrected chi connectivity index (χ0v) is 13.5. The van der Waals surface area contributed by atoms with E-state index in [0.717, 1.165) is 24.1 Å². The van der Waals surface area contributed by atoms with Crippen molar-refractivity contribution in [3.05, 3.63) is 23.8 Å². The molecule has 0 aliphatic rings. The number of nitrogens with one attached hydrogen (secondary N) is 2. The lowest BCUT2D eigenvalue weighted by atomic mass is 10.1. The minimum Gasteiger partial charge on any atom is -0.385 e. The molecular weight excluding hydrogens is 272 g/mol. The first-order valence-electron chi connectivity index (χ1n) is 7.24. The average Bonchev–Trinajstić information content (AvgIpc) is 2.35. The van der Waals surface area contributed by atoms with Gasteiger partial charge in [0.15, 0.2) is 0 Å². The first kappa shape index (κ1) is 16.8. The normalized spacial score (nSPS) is 11.3. The summed E-state index contributed by atoms with van der Waals surface area (Å²) in [5, 5.41) is 3.38. The number of hydrogen-bond donors (Lipinski definition) is 2. The summed E-state index contributed by atoms with van der Waals surface area (Å²) in [6.45, 7) is 5.08. The average molecular weight is 298 g/mol. The maximum Gasteiger partial charge on any atom is 0.229 e. The van der Waals surface area contributed by atoms with E-state index in [-0.39, 0.29) is 0 Å². The van der Waals surface area contributed by atoms with E-state index in [1.807, 2.05) is 19.1 Å². The Kier molecular flexibility index (Phi) is 6.85. The molecule has 0 aliphatic carbocycles. The monoisotopic (exact) mass is 298 g/mol. The first-order chi connectivity index (χ1) is 9.42. The Morgan fingerprint density at radius 3 is 2.40 bits per heavy atom. The molecule has 0 fully saturated rings. The second kappa shape index (κ2) is 8.15. The molecule has 0 saturated carbocycles. The summed E-state index contributed by atoms with van der Waals surface area (Å²) in [4.78, 5) is 0. The van der Waals surface area contributed by atoms with Crippen molar-refractivity contribution in [1.82, 2.24) is 0 Å². The third-order valence-electron chi connectivity index (χ3n) is 3.13. The van der Waals surface area contributed by atoms with Gasteiger partial charge in [0.25, 0.3) is 0 Å². The minimum absolute atomic E-state index is 0.640. The summed E-state index contributed by atoms with van der Waals surface area (Å²) < 4.78 is 24.9. The number of unbranched alkanes of at least 4 members (excludes halogenated alkanes) is 4. The Bertz CT molecular complexity index is 513. The van der Waals surface area contributed by atoms with Gasteiger partial charge >= 0.3 is 0 Å². The molecule has 2 N–H and O–H groups in total. The number of hydrogen-bond acceptors (Lipinski definition) is 3. The van der Waals surface area contributed by atoms with Crippen LogP contribution in [0.2, 0.25) is 0 Å². The molecule has 20 heavy (non-hydrogen) atoms. The highest BCUT2D eigenvalue weighted by molar-refractivity contribution is 7.92. The van der Waals surface area contributed by atoms with Gasteiger partial charge in [0.05, 0.1) is 11.9 Å². The molecule has 4 nitrogen and oxygen atoms in total. The molecule has 1 aromatic rings. The molecule has 0 amide bonds. The van der Waals surface area contributed by atoms with Crippen molar-refractivity contribution >= 4 is 21.4 Å². The van der Waals surface area contributed by atoms with E-state index in [1.165, 1.54) is 32.1 Å². The first-order valence-corrected chi connectivity index (χ1v) is 9.14. The standard InChI is InChI=1S/C15H26N2O2S/c1-4-5-6-7-8-11-16-14-9-10-15(13(2)12-14)17-20(3,18)19/h9-10,12,16-17H,4-8,11H2,1-3H3. The van der Waals surface area contributed by atoms with Crippen molar-refractivity contribution < 1.29 is 8.42 Å². The number of sulfonamides is 1. The summed E-state index contributed by atoms with van der Waals surface area (Å²) in [5.41, 5.74) is 2.60. The quantitative estimate of drug-likeness (QED) is 0.683. The predicted octanol–water partition coefficient (Wildman–Crippen LogP) is 3.75. The highest BCUT2D eigenvalue weighted by Crippen LogP contribution is 2.20. The topological polar surface area (TPSA) is 58.2 Å². The maximum absolute atomic E-state index is 11.2. The third-order valence-corrected chi connectivity index (χ3v) is 3.72. The van der Waals surface area contributed by atoms with Gasteiger partial charge in [0.1, 0.15) is 0 Å². The van der Waals surface area contributed by atoms with Crippen LogP contribution in [0.3, 0.4) is 0 Å². The number of rotatable bonds is 9. The molecule has 5 heteroatoms. The van der Waals surface area contributed by atoms with Crippen LogP contribution in [0.4, 0.5) is 11.4 Å². The molecule has 0 unspecified atom stereocenters. The molecule has 0 bridgehead atoms. The van der Waals surface area contributed by atoms with Gasteiger partial charge in [-0.25, -0.2) is 8.42 Å². The summed E-state index contributed by atoms with van der Waals surface area (Å²) in [6.07, 6.45) is 7.46. The van der Waals surface area contributed by atoms with E-state index < -0.39 is 10.0 Å². The third kappa shape index (κ3) is 6.80. The van der Waals surface area contributed by atoms with E-state index >= 15 is 0 Å². The Balaban J connectivity index is 2.43. The van der Waals surface area contributed by atoms with Gasteiger partial charge in [-0.3, -0.25) is 4.72 Å². The van der Waals surface area contributed by atoms with Gasteiger partial charge in [-0.2, -0.15) is 0 Å². The lowest BCUT2D eigenvalue weighted by Gasteiger charge is -2.11. The van der Waals surface area contributed by atoms with Crippen molar-refractivity contribution in [2.45, 2.75) is 46.0 Å². The molecule has 0 spiro atoms. The molecule has 0 aliphatic heterocycles. The van der Waals surface area contributed by atoms with Gasteiger partial charge in [-0.1, -0.05) is 32.6 Å². The second-order valence-corrected chi connectivity index (χ2v) is 6.99. The van der Waals surface area contributed by atoms with E-state index in [0.29, 0.717) is 5.69 Å². The van der Waals surface area contributed by atoms with Crippen LogP contribution in [0.15, 0.2) is 18.2 Å². The molecule has 0 heterocycles. The van der Waals surface area contributed by atoms with Gasteiger partial charge in [-0.15, -0.1) is 0 Å². The van der Waals surface area contributed by atoms with Crippen LogP contribution in [0, 0.1) is 6.92 Å². The molecule has 0 atom stereocenters. The van der Waals surface area contributed by atoms with Crippen LogP contribution in [-0.2, 0) is 10.0 Å².